The number of alkyl halides is 1. The number of esters is 1. The number of benzene rings is 3. The molecular formula is C29H22BrCl2N3O8. The van der Waals surface area contributed by atoms with Crippen LogP contribution < -0.4 is 5.32 Å². The predicted molar refractivity (Wildman–Crippen MR) is 162 cm³/mol. The normalized spacial score (nSPS) is 23.9. The second-order valence-electron chi connectivity index (χ2n) is 10.3. The number of H-pyrrole nitrogens is 1. The Morgan fingerprint density at radius 1 is 1.00 bits per heavy atom. The molecule has 3 aromatic carbocycles. The SMILES string of the molecule is CO[C@H]1[C@H](O)[C@@H](OC(=O)CBr)[C@H](n2c3c(Cl)cccc3c3c4c(c5c6cccc(Cl)c6[nH]c5c32)C(=O)NC4=O)O[C@@H]1CO. The number of methoxy groups -OCH3 is 1. The van der Waals surface area contributed by atoms with E-state index in [1.54, 1.807) is 41.0 Å². The highest BCUT2D eigenvalue weighted by Gasteiger charge is 2.50. The predicted octanol–water partition coefficient (Wildman–Crippen LogP) is 4.19. The molecule has 2 aromatic heterocycles. The number of aliphatic hydroxyl groups is 2. The first-order chi connectivity index (χ1) is 20.7. The molecule has 0 bridgehead atoms. The summed E-state index contributed by atoms with van der Waals surface area (Å²) in [4.78, 5) is 42.7. The molecule has 0 unspecified atom stereocenters. The second-order valence-corrected chi connectivity index (χ2v) is 11.7. The number of amides is 2. The molecule has 0 aliphatic carbocycles. The molecule has 222 valence electrons. The minimum Gasteiger partial charge on any atom is -0.454 e. The average molecular weight is 691 g/mol. The summed E-state index contributed by atoms with van der Waals surface area (Å²) < 4.78 is 19.2. The summed E-state index contributed by atoms with van der Waals surface area (Å²) in [5, 5.41) is 26.5. The van der Waals surface area contributed by atoms with Crippen molar-refractivity contribution < 1.29 is 38.8 Å². The standard InChI is InChI=1S/C29H22BrCl2N3O8/c1-41-25-14(9-36)42-29(26(24(25)38)43-15(37)8-30)35-22-11(5-3-7-13(22)32)17-19-18(27(39)34-28(19)40)16-10-4-2-6-12(31)20(10)33-21(16)23(17)35/h2-7,14,24-26,29,33,36,38H,8-9H2,1H3,(H,34,39,40)/t14-,24+,25-,26-,29-/m1/s1. The summed E-state index contributed by atoms with van der Waals surface area (Å²) in [5.41, 5.74) is 2.06. The number of aliphatic hydroxyl groups excluding tert-OH is 2. The smallest absolute Gasteiger partial charge is 0.317 e. The van der Waals surface area contributed by atoms with Crippen molar-refractivity contribution in [3.63, 3.8) is 0 Å². The summed E-state index contributed by atoms with van der Waals surface area (Å²) in [7, 11) is 1.34. The topological polar surface area (TPSA) is 152 Å². The molecule has 2 amide bonds. The number of fused-ring (bicyclic) bond motifs is 10. The maximum absolute atomic E-state index is 13.4. The van der Waals surface area contributed by atoms with Gasteiger partial charge in [-0.3, -0.25) is 19.7 Å². The van der Waals surface area contributed by atoms with Crippen molar-refractivity contribution in [3.8, 4) is 0 Å². The van der Waals surface area contributed by atoms with E-state index >= 15 is 0 Å². The van der Waals surface area contributed by atoms with Crippen LogP contribution in [0, 0.1) is 0 Å². The Morgan fingerprint density at radius 2 is 1.67 bits per heavy atom. The molecule has 0 saturated carbocycles. The maximum atomic E-state index is 13.4. The summed E-state index contributed by atoms with van der Waals surface area (Å²) in [6.45, 7) is -0.528. The summed E-state index contributed by atoms with van der Waals surface area (Å²) >= 11 is 16.5. The number of carbonyl (C=O) groups is 3. The highest BCUT2D eigenvalue weighted by molar-refractivity contribution is 9.09. The summed E-state index contributed by atoms with van der Waals surface area (Å²) in [6, 6.07) is 10.3. The highest BCUT2D eigenvalue weighted by Crippen LogP contribution is 2.48. The lowest BCUT2D eigenvalue weighted by Gasteiger charge is -2.43. The van der Waals surface area contributed by atoms with Crippen molar-refractivity contribution in [1.82, 2.24) is 14.9 Å². The number of nitrogens with one attached hydrogen (secondary N) is 2. The Kier molecular flexibility index (Phi) is 6.93. The van der Waals surface area contributed by atoms with Crippen LogP contribution in [0.2, 0.25) is 10.0 Å². The number of para-hydroxylation sites is 2. The van der Waals surface area contributed by atoms with Gasteiger partial charge in [0.1, 0.15) is 23.6 Å². The fourth-order valence-electron chi connectivity index (χ4n) is 6.49. The van der Waals surface area contributed by atoms with E-state index in [0.29, 0.717) is 48.6 Å². The van der Waals surface area contributed by atoms with E-state index in [1.165, 1.54) is 7.11 Å². The third-order valence-corrected chi connectivity index (χ3v) is 9.22. The maximum Gasteiger partial charge on any atom is 0.317 e. The number of aromatic nitrogens is 2. The van der Waals surface area contributed by atoms with Gasteiger partial charge >= 0.3 is 5.97 Å². The van der Waals surface area contributed by atoms with Gasteiger partial charge < -0.3 is 34.0 Å². The highest BCUT2D eigenvalue weighted by atomic mass is 79.9. The van der Waals surface area contributed by atoms with Crippen LogP contribution in [-0.4, -0.2) is 81.0 Å². The van der Waals surface area contributed by atoms with Gasteiger partial charge in [0.05, 0.1) is 49.8 Å². The first-order valence-corrected chi connectivity index (χ1v) is 15.1. The molecule has 0 spiro atoms. The van der Waals surface area contributed by atoms with E-state index in [1.807, 2.05) is 0 Å². The zero-order valence-corrected chi connectivity index (χ0v) is 25.3. The third kappa shape index (κ3) is 3.98. The monoisotopic (exact) mass is 689 g/mol. The largest absolute Gasteiger partial charge is 0.454 e. The number of ether oxygens (including phenoxy) is 3. The van der Waals surface area contributed by atoms with Gasteiger partial charge in [0.25, 0.3) is 11.8 Å². The molecule has 2 aliphatic rings. The van der Waals surface area contributed by atoms with E-state index in [-0.39, 0.29) is 21.5 Å². The molecule has 7 rings (SSSR count). The van der Waals surface area contributed by atoms with E-state index < -0.39 is 55.0 Å². The lowest BCUT2D eigenvalue weighted by molar-refractivity contribution is -0.261. The molecular weight excluding hydrogens is 669 g/mol. The molecule has 0 radical (unpaired) electrons. The van der Waals surface area contributed by atoms with Crippen molar-refractivity contribution in [3.05, 3.63) is 57.6 Å². The molecule has 5 aromatic rings. The fraction of sp³-hybridized carbons (Fsp3) is 0.276. The zero-order valence-electron chi connectivity index (χ0n) is 22.2. The van der Waals surface area contributed by atoms with Gasteiger partial charge in [0, 0.05) is 28.7 Å². The Bertz CT molecular complexity index is 2020. The quantitative estimate of drug-likeness (QED) is 0.122. The van der Waals surface area contributed by atoms with E-state index in [2.05, 4.69) is 26.2 Å². The number of carbonyl (C=O) groups excluding carboxylic acids is 3. The molecule has 4 N–H and O–H groups in total. The Morgan fingerprint density at radius 3 is 2.35 bits per heavy atom. The summed E-state index contributed by atoms with van der Waals surface area (Å²) in [5.74, 6) is -1.84. The van der Waals surface area contributed by atoms with Crippen molar-refractivity contribution in [2.45, 2.75) is 30.6 Å². The van der Waals surface area contributed by atoms with Gasteiger partial charge in [0.2, 0.25) is 0 Å². The van der Waals surface area contributed by atoms with Crippen LogP contribution in [0.15, 0.2) is 36.4 Å². The lowest BCUT2D eigenvalue weighted by atomic mass is 9.96. The Balaban J connectivity index is 1.68. The number of aromatic amines is 1. The number of imide groups is 1. The fourth-order valence-corrected chi connectivity index (χ4v) is 7.11. The van der Waals surface area contributed by atoms with Crippen LogP contribution in [0.25, 0.3) is 43.6 Å². The zero-order chi connectivity index (χ0) is 30.3. The lowest BCUT2D eigenvalue weighted by Crippen LogP contribution is -2.58. The van der Waals surface area contributed by atoms with E-state index in [4.69, 9.17) is 37.4 Å². The minimum absolute atomic E-state index is 0.137. The van der Waals surface area contributed by atoms with Gasteiger partial charge in [0.15, 0.2) is 12.3 Å². The molecule has 5 atom stereocenters. The van der Waals surface area contributed by atoms with Crippen LogP contribution in [0.3, 0.4) is 0 Å². The van der Waals surface area contributed by atoms with Crippen molar-refractivity contribution >= 4 is 101 Å². The van der Waals surface area contributed by atoms with Crippen LogP contribution in [0.4, 0.5) is 0 Å². The van der Waals surface area contributed by atoms with Gasteiger partial charge in [-0.05, 0) is 12.1 Å². The molecule has 1 fully saturated rings. The number of rotatable bonds is 5. The molecule has 1 saturated heterocycles. The second kappa shape index (κ2) is 10.4. The molecule has 43 heavy (non-hydrogen) atoms. The molecule has 11 nitrogen and oxygen atoms in total. The number of hydrogen-bond acceptors (Lipinski definition) is 8. The van der Waals surface area contributed by atoms with Crippen molar-refractivity contribution in [2.24, 2.45) is 0 Å². The van der Waals surface area contributed by atoms with Crippen LogP contribution >= 0.6 is 39.1 Å². The third-order valence-electron chi connectivity index (χ3n) is 8.14. The van der Waals surface area contributed by atoms with E-state index in [9.17, 15) is 24.6 Å². The number of nitrogens with zero attached hydrogens (tertiary/aromatic N) is 1. The Labute approximate surface area is 260 Å². The van der Waals surface area contributed by atoms with Crippen molar-refractivity contribution in [1.29, 1.82) is 0 Å². The molecule has 2 aliphatic heterocycles. The molecule has 4 heterocycles. The van der Waals surface area contributed by atoms with Crippen molar-refractivity contribution in [2.75, 3.05) is 19.0 Å². The van der Waals surface area contributed by atoms with Gasteiger partial charge in [-0.1, -0.05) is 63.4 Å². The first-order valence-electron chi connectivity index (χ1n) is 13.2. The summed E-state index contributed by atoms with van der Waals surface area (Å²) in [6.07, 6.45) is -6.14. The first kappa shape index (κ1) is 28.5. The van der Waals surface area contributed by atoms with Crippen LogP contribution in [0.5, 0.6) is 0 Å². The Hall–Kier alpha value is -3.23. The van der Waals surface area contributed by atoms with E-state index in [0.717, 1.165) is 0 Å². The average Bonchev–Trinajstić information content (AvgIpc) is 3.64. The van der Waals surface area contributed by atoms with Gasteiger partial charge in [-0.25, -0.2) is 0 Å². The minimum atomic E-state index is -1.44. The number of hydrogen-bond donors (Lipinski definition) is 4. The van der Waals surface area contributed by atoms with Gasteiger partial charge in [-0.15, -0.1) is 0 Å². The van der Waals surface area contributed by atoms with Gasteiger partial charge in [-0.2, -0.15) is 0 Å². The number of halogens is 3. The van der Waals surface area contributed by atoms with Crippen LogP contribution in [0.1, 0.15) is 26.9 Å². The van der Waals surface area contributed by atoms with Crippen LogP contribution in [-0.2, 0) is 19.0 Å². The molecule has 14 heteroatoms.